The zero-order valence-corrected chi connectivity index (χ0v) is 16.6. The van der Waals surface area contributed by atoms with Gasteiger partial charge in [0.05, 0.1) is 20.3 Å². The average molecular weight is 405 g/mol. The lowest BCUT2D eigenvalue weighted by atomic mass is 10.2. The SMILES string of the molecule is CCOc1ccc(C(=O)NCC(=O)OCc2ccc(OC)c(F)c2)cc1OCC. The number of nitrogens with one attached hydrogen (secondary N) is 1. The second-order valence-electron chi connectivity index (χ2n) is 5.84. The van der Waals surface area contributed by atoms with Gasteiger partial charge >= 0.3 is 5.97 Å². The van der Waals surface area contributed by atoms with E-state index in [4.69, 9.17) is 18.9 Å². The summed E-state index contributed by atoms with van der Waals surface area (Å²) in [7, 11) is 1.36. The molecule has 8 heteroatoms. The Morgan fingerprint density at radius 2 is 1.66 bits per heavy atom. The van der Waals surface area contributed by atoms with E-state index >= 15 is 0 Å². The van der Waals surface area contributed by atoms with Gasteiger partial charge in [-0.2, -0.15) is 0 Å². The Hall–Kier alpha value is -3.29. The van der Waals surface area contributed by atoms with E-state index in [1.165, 1.54) is 19.2 Å². The molecule has 0 radical (unpaired) electrons. The Bertz CT molecular complexity index is 855. The summed E-state index contributed by atoms with van der Waals surface area (Å²) in [6, 6.07) is 9.02. The monoisotopic (exact) mass is 405 g/mol. The highest BCUT2D eigenvalue weighted by molar-refractivity contribution is 5.96. The lowest BCUT2D eigenvalue weighted by molar-refractivity contribution is -0.143. The number of esters is 1. The molecule has 0 aromatic heterocycles. The van der Waals surface area contributed by atoms with Crippen molar-refractivity contribution in [3.05, 3.63) is 53.3 Å². The van der Waals surface area contributed by atoms with Crippen molar-refractivity contribution in [1.29, 1.82) is 0 Å². The van der Waals surface area contributed by atoms with Gasteiger partial charge in [-0.05, 0) is 49.7 Å². The van der Waals surface area contributed by atoms with E-state index in [0.717, 1.165) is 0 Å². The molecule has 2 aromatic rings. The van der Waals surface area contributed by atoms with Crippen LogP contribution in [0.3, 0.4) is 0 Å². The molecule has 7 nitrogen and oxygen atoms in total. The summed E-state index contributed by atoms with van der Waals surface area (Å²) in [5.74, 6) is -0.556. The molecule has 0 bridgehead atoms. The molecule has 0 fully saturated rings. The van der Waals surface area contributed by atoms with Gasteiger partial charge in [-0.1, -0.05) is 6.07 Å². The van der Waals surface area contributed by atoms with Crippen molar-refractivity contribution < 1.29 is 32.9 Å². The van der Waals surface area contributed by atoms with Gasteiger partial charge in [0, 0.05) is 5.56 Å². The molecule has 0 unspecified atom stereocenters. The van der Waals surface area contributed by atoms with E-state index in [2.05, 4.69) is 5.32 Å². The molecule has 1 amide bonds. The maximum Gasteiger partial charge on any atom is 0.325 e. The Morgan fingerprint density at radius 3 is 2.31 bits per heavy atom. The number of hydrogen-bond donors (Lipinski definition) is 1. The lowest BCUT2D eigenvalue weighted by Gasteiger charge is -2.12. The third kappa shape index (κ3) is 6.38. The number of ether oxygens (including phenoxy) is 4. The molecule has 2 aromatic carbocycles. The maximum absolute atomic E-state index is 13.6. The molecule has 0 heterocycles. The van der Waals surface area contributed by atoms with Gasteiger partial charge < -0.3 is 24.3 Å². The van der Waals surface area contributed by atoms with Gasteiger partial charge in [0.25, 0.3) is 5.91 Å². The van der Waals surface area contributed by atoms with Crippen molar-refractivity contribution in [3.63, 3.8) is 0 Å². The van der Waals surface area contributed by atoms with E-state index in [0.29, 0.717) is 35.8 Å². The van der Waals surface area contributed by atoms with E-state index in [1.54, 1.807) is 24.3 Å². The number of carbonyl (C=O) groups is 2. The molecule has 0 saturated heterocycles. The van der Waals surface area contributed by atoms with Crippen molar-refractivity contribution in [3.8, 4) is 17.2 Å². The number of carbonyl (C=O) groups excluding carboxylic acids is 2. The second-order valence-corrected chi connectivity index (χ2v) is 5.84. The average Bonchev–Trinajstić information content (AvgIpc) is 2.72. The number of hydrogen-bond acceptors (Lipinski definition) is 6. The van der Waals surface area contributed by atoms with Crippen LogP contribution in [0, 0.1) is 5.82 Å². The van der Waals surface area contributed by atoms with Crippen LogP contribution >= 0.6 is 0 Å². The largest absolute Gasteiger partial charge is 0.494 e. The van der Waals surface area contributed by atoms with Crippen LogP contribution in [0.4, 0.5) is 4.39 Å². The smallest absolute Gasteiger partial charge is 0.325 e. The number of benzene rings is 2. The van der Waals surface area contributed by atoms with Gasteiger partial charge in [0.1, 0.15) is 13.2 Å². The Kier molecular flexibility index (Phi) is 8.27. The van der Waals surface area contributed by atoms with Gasteiger partial charge in [-0.25, -0.2) is 4.39 Å². The molecule has 0 atom stereocenters. The first-order chi connectivity index (χ1) is 14.0. The molecular formula is C21H24FNO6. The van der Waals surface area contributed by atoms with Gasteiger partial charge in [-0.15, -0.1) is 0 Å². The molecule has 29 heavy (non-hydrogen) atoms. The summed E-state index contributed by atoms with van der Waals surface area (Å²) in [5.41, 5.74) is 0.790. The van der Waals surface area contributed by atoms with Gasteiger partial charge in [-0.3, -0.25) is 9.59 Å². The molecule has 0 aliphatic carbocycles. The predicted octanol–water partition coefficient (Wildman–Crippen LogP) is 3.10. The van der Waals surface area contributed by atoms with Crippen molar-refractivity contribution >= 4 is 11.9 Å². The Morgan fingerprint density at radius 1 is 0.966 bits per heavy atom. The summed E-state index contributed by atoms with van der Waals surface area (Å²) in [4.78, 5) is 24.2. The Balaban J connectivity index is 1.88. The highest BCUT2D eigenvalue weighted by atomic mass is 19.1. The number of halogens is 1. The molecular weight excluding hydrogens is 381 g/mol. The first-order valence-corrected chi connectivity index (χ1v) is 9.14. The molecule has 0 aliphatic heterocycles. The van der Waals surface area contributed by atoms with Crippen LogP contribution < -0.4 is 19.5 Å². The number of methoxy groups -OCH3 is 1. The molecule has 0 saturated carbocycles. The van der Waals surface area contributed by atoms with Crippen LogP contribution in [0.2, 0.25) is 0 Å². The summed E-state index contributed by atoms with van der Waals surface area (Å²) in [6.07, 6.45) is 0. The first kappa shape index (κ1) is 22.0. The van der Waals surface area contributed by atoms with E-state index in [9.17, 15) is 14.0 Å². The minimum atomic E-state index is -0.648. The minimum absolute atomic E-state index is 0.106. The third-order valence-corrected chi connectivity index (χ3v) is 3.81. The zero-order chi connectivity index (χ0) is 21.2. The lowest BCUT2D eigenvalue weighted by Crippen LogP contribution is -2.30. The van der Waals surface area contributed by atoms with Crippen LogP contribution in [-0.4, -0.2) is 38.7 Å². The van der Waals surface area contributed by atoms with E-state index in [-0.39, 0.29) is 18.9 Å². The highest BCUT2D eigenvalue weighted by Crippen LogP contribution is 2.28. The van der Waals surface area contributed by atoms with Crippen LogP contribution in [-0.2, 0) is 16.1 Å². The maximum atomic E-state index is 13.6. The van der Waals surface area contributed by atoms with Gasteiger partial charge in [0.2, 0.25) is 0 Å². The normalized spacial score (nSPS) is 10.2. The number of amides is 1. The molecule has 0 spiro atoms. The van der Waals surface area contributed by atoms with Crippen molar-refractivity contribution in [2.24, 2.45) is 0 Å². The van der Waals surface area contributed by atoms with E-state index < -0.39 is 17.7 Å². The fraction of sp³-hybridized carbons (Fsp3) is 0.333. The predicted molar refractivity (Wildman–Crippen MR) is 104 cm³/mol. The third-order valence-electron chi connectivity index (χ3n) is 3.81. The summed E-state index contributed by atoms with van der Waals surface area (Å²) in [5, 5.41) is 2.48. The quantitative estimate of drug-likeness (QED) is 0.612. The fourth-order valence-electron chi connectivity index (χ4n) is 2.46. The number of rotatable bonds is 10. The standard InChI is InChI=1S/C21H24FNO6/c1-4-27-18-9-7-15(11-19(18)28-5-2)21(25)23-12-20(24)29-13-14-6-8-17(26-3)16(22)10-14/h6-11H,4-5,12-13H2,1-3H3,(H,23,25). The minimum Gasteiger partial charge on any atom is -0.494 e. The molecule has 2 rings (SSSR count). The van der Waals surface area contributed by atoms with Gasteiger partial charge in [0.15, 0.2) is 23.1 Å². The highest BCUT2D eigenvalue weighted by Gasteiger charge is 2.13. The summed E-state index contributed by atoms with van der Waals surface area (Å²) >= 11 is 0. The van der Waals surface area contributed by atoms with Crippen LogP contribution in [0.15, 0.2) is 36.4 Å². The van der Waals surface area contributed by atoms with Crippen molar-refractivity contribution in [2.45, 2.75) is 20.5 Å². The first-order valence-electron chi connectivity index (χ1n) is 9.14. The topological polar surface area (TPSA) is 83.1 Å². The van der Waals surface area contributed by atoms with Crippen molar-refractivity contribution in [1.82, 2.24) is 5.32 Å². The molecule has 0 aliphatic rings. The van der Waals surface area contributed by atoms with E-state index in [1.807, 2.05) is 13.8 Å². The molecule has 1 N–H and O–H groups in total. The fourth-order valence-corrected chi connectivity index (χ4v) is 2.46. The summed E-state index contributed by atoms with van der Waals surface area (Å²) < 4.78 is 34.5. The van der Waals surface area contributed by atoms with Crippen LogP contribution in [0.25, 0.3) is 0 Å². The van der Waals surface area contributed by atoms with Crippen molar-refractivity contribution in [2.75, 3.05) is 26.9 Å². The second kappa shape index (κ2) is 10.9. The van der Waals surface area contributed by atoms with Crippen LogP contribution in [0.5, 0.6) is 17.2 Å². The Labute approximate surface area is 168 Å². The summed E-state index contributed by atoms with van der Waals surface area (Å²) in [6.45, 7) is 4.12. The molecule has 156 valence electrons. The zero-order valence-electron chi connectivity index (χ0n) is 16.6. The van der Waals surface area contributed by atoms with Crippen LogP contribution in [0.1, 0.15) is 29.8 Å².